The van der Waals surface area contributed by atoms with Crippen LogP contribution in [0.3, 0.4) is 0 Å². The smallest absolute Gasteiger partial charge is 0.409 e. The van der Waals surface area contributed by atoms with Crippen LogP contribution in [0.4, 0.5) is 15.3 Å². The van der Waals surface area contributed by atoms with Crippen LogP contribution in [-0.2, 0) is 49.6 Å². The number of carbonyl (C=O) groups is 9. The van der Waals surface area contributed by atoms with Crippen LogP contribution in [-0.4, -0.2) is 127 Å². The molecule has 1 aromatic rings. The molecule has 0 spiro atoms. The molecule has 0 radical (unpaired) electrons. The molecule has 1 fully saturated rings. The minimum Gasteiger partial charge on any atom is -0.449 e. The van der Waals surface area contributed by atoms with Crippen molar-refractivity contribution in [2.75, 3.05) is 45.7 Å². The Morgan fingerprint density at radius 2 is 1.34 bits per heavy atom. The molecule has 4 atom stereocenters. The van der Waals surface area contributed by atoms with Crippen LogP contribution >= 0.6 is 0 Å². The summed E-state index contributed by atoms with van der Waals surface area (Å²) in [6.07, 6.45) is 0.261. The molecule has 340 valence electrons. The lowest BCUT2D eigenvalue weighted by atomic mass is 9.80. The Kier molecular flexibility index (Phi) is 19.6. The molecule has 0 bridgehead atoms. The minimum absolute atomic E-state index is 0.0847. The molecule has 1 unspecified atom stereocenters. The maximum Gasteiger partial charge on any atom is 0.409 e. The quantitative estimate of drug-likeness (QED) is 0.0887. The molecule has 0 saturated carbocycles. The number of likely N-dealkylation sites (tertiary alicyclic amines) is 1. The van der Waals surface area contributed by atoms with E-state index in [0.29, 0.717) is 37.1 Å². The number of hydrogen-bond acceptors (Lipinski definition) is 11. The zero-order valence-corrected chi connectivity index (χ0v) is 37.3. The lowest BCUT2D eigenvalue weighted by Crippen LogP contribution is -2.55. The summed E-state index contributed by atoms with van der Waals surface area (Å²) >= 11 is 0. The van der Waals surface area contributed by atoms with Crippen LogP contribution in [0.5, 0.6) is 0 Å². The molecule has 0 aliphatic carbocycles. The van der Waals surface area contributed by atoms with Crippen molar-refractivity contribution in [1.29, 1.82) is 0 Å². The number of amides is 9. The summed E-state index contributed by atoms with van der Waals surface area (Å²) < 4.78 is 10.6. The molecule has 1 aliphatic heterocycles. The molecule has 1 heterocycles. The topological polar surface area (TPSA) is 256 Å². The van der Waals surface area contributed by atoms with E-state index in [9.17, 15) is 43.2 Å². The number of carbonyl (C=O) groups excluding carboxylic acids is 9. The van der Waals surface area contributed by atoms with Gasteiger partial charge < -0.3 is 46.3 Å². The van der Waals surface area contributed by atoms with Gasteiger partial charge in [-0.25, -0.2) is 9.59 Å². The average molecular weight is 859 g/mol. The van der Waals surface area contributed by atoms with Gasteiger partial charge in [0.05, 0.1) is 18.9 Å². The second-order valence-corrected chi connectivity index (χ2v) is 17.8. The van der Waals surface area contributed by atoms with Crippen molar-refractivity contribution in [3.63, 3.8) is 0 Å². The van der Waals surface area contributed by atoms with E-state index in [1.165, 1.54) is 47.7 Å². The van der Waals surface area contributed by atoms with Crippen molar-refractivity contribution in [3.05, 3.63) is 29.8 Å². The largest absolute Gasteiger partial charge is 0.449 e. The zero-order chi connectivity index (χ0) is 46.2. The first kappa shape index (κ1) is 51.4. The lowest BCUT2D eigenvalue weighted by molar-refractivity contribution is -0.140. The molecule has 19 heteroatoms. The number of anilines is 1. The zero-order valence-electron chi connectivity index (χ0n) is 37.3. The van der Waals surface area contributed by atoms with E-state index in [2.05, 4.69) is 21.3 Å². The summed E-state index contributed by atoms with van der Waals surface area (Å²) in [5.74, 6) is -4.15. The first-order chi connectivity index (χ1) is 28.3. The van der Waals surface area contributed by atoms with Crippen molar-refractivity contribution in [3.8, 4) is 0 Å². The standard InChI is InChI=1S/C42H66N8O11/c1-26(44-33(52)14-12-11-13-19-50-34(53)22-30(38(50)57)42(6,7)8)35(54)45-27(2)36(55)47-31(23-32(43)51)37(56)46-29-17-15-28(16-18-29)24-60-39(58)48(9)20-21-49(10)40(59)61-25-41(3,4)5/h15-18,26-27,30-31H,11-14,19-25H2,1-10H3,(H2,43,51)(H,44,52)(H,45,54)(H,46,56)(H,47,55)/t26-,27-,30?,31-/m0/s1. The number of imide groups is 1. The van der Waals surface area contributed by atoms with E-state index >= 15 is 0 Å². The summed E-state index contributed by atoms with van der Waals surface area (Å²) in [7, 11) is 3.11. The minimum atomic E-state index is -1.39. The van der Waals surface area contributed by atoms with E-state index in [1.54, 1.807) is 19.2 Å². The summed E-state index contributed by atoms with van der Waals surface area (Å²) in [6, 6.07) is 2.71. The summed E-state index contributed by atoms with van der Waals surface area (Å²) in [5, 5.41) is 10.1. The van der Waals surface area contributed by atoms with Crippen molar-refractivity contribution in [2.45, 2.75) is 119 Å². The molecule has 2 rings (SSSR count). The maximum atomic E-state index is 13.1. The Morgan fingerprint density at radius 1 is 0.787 bits per heavy atom. The highest BCUT2D eigenvalue weighted by atomic mass is 16.6. The van der Waals surface area contributed by atoms with Crippen LogP contribution < -0.4 is 27.0 Å². The molecular formula is C42H66N8O11. The molecule has 0 aromatic heterocycles. The van der Waals surface area contributed by atoms with Crippen LogP contribution in [0, 0.1) is 16.7 Å². The van der Waals surface area contributed by atoms with Crippen molar-refractivity contribution in [1.82, 2.24) is 30.7 Å². The predicted molar refractivity (Wildman–Crippen MR) is 225 cm³/mol. The fourth-order valence-corrected chi connectivity index (χ4v) is 5.86. The van der Waals surface area contributed by atoms with E-state index in [-0.39, 0.29) is 67.7 Å². The van der Waals surface area contributed by atoms with Crippen LogP contribution in [0.2, 0.25) is 0 Å². The summed E-state index contributed by atoms with van der Waals surface area (Å²) in [6.45, 7) is 15.3. The molecule has 6 N–H and O–H groups in total. The predicted octanol–water partition coefficient (Wildman–Crippen LogP) is 2.66. The number of nitrogens with zero attached hydrogens (tertiary/aromatic N) is 3. The molecule has 9 amide bonds. The highest BCUT2D eigenvalue weighted by molar-refractivity contribution is 6.04. The highest BCUT2D eigenvalue weighted by Gasteiger charge is 2.44. The lowest BCUT2D eigenvalue weighted by Gasteiger charge is -2.24. The Labute approximate surface area is 358 Å². The second-order valence-electron chi connectivity index (χ2n) is 17.8. The van der Waals surface area contributed by atoms with E-state index < -0.39 is 66.3 Å². The van der Waals surface area contributed by atoms with Gasteiger partial charge in [-0.1, -0.05) is 60.1 Å². The Balaban J connectivity index is 1.78. The number of rotatable bonds is 21. The summed E-state index contributed by atoms with van der Waals surface area (Å²) in [4.78, 5) is 117. The molecule has 1 saturated heterocycles. The third-order valence-corrected chi connectivity index (χ3v) is 9.74. The van der Waals surface area contributed by atoms with Gasteiger partial charge in [0.2, 0.25) is 41.4 Å². The Bertz CT molecular complexity index is 1740. The molecule has 61 heavy (non-hydrogen) atoms. The monoisotopic (exact) mass is 858 g/mol. The average Bonchev–Trinajstić information content (AvgIpc) is 3.46. The van der Waals surface area contributed by atoms with Gasteiger partial charge in [-0.05, 0) is 55.2 Å². The van der Waals surface area contributed by atoms with E-state index in [4.69, 9.17) is 15.2 Å². The number of nitrogens with two attached hydrogens (primary N) is 1. The number of benzene rings is 1. The van der Waals surface area contributed by atoms with Crippen LogP contribution in [0.15, 0.2) is 24.3 Å². The van der Waals surface area contributed by atoms with Gasteiger partial charge in [-0.2, -0.15) is 0 Å². The number of primary amides is 1. The number of nitrogens with one attached hydrogen (secondary N) is 4. The molecule has 19 nitrogen and oxygen atoms in total. The first-order valence-corrected chi connectivity index (χ1v) is 20.5. The SMILES string of the molecule is C[C@H](NC(=O)CCCCCN1C(=O)CC(C(C)(C)C)C1=O)C(=O)N[C@@H](C)C(=O)N[C@@H](CC(N)=O)C(=O)Nc1ccc(COC(=O)N(C)CCN(C)C(=O)OCC(C)(C)C)cc1. The Hall–Kier alpha value is -5.75. The van der Waals surface area contributed by atoms with Gasteiger partial charge in [0, 0.05) is 52.3 Å². The number of ether oxygens (including phenoxy) is 2. The maximum absolute atomic E-state index is 13.1. The van der Waals surface area contributed by atoms with E-state index in [1.807, 2.05) is 41.5 Å². The van der Waals surface area contributed by atoms with Gasteiger partial charge >= 0.3 is 12.2 Å². The third kappa shape index (κ3) is 18.2. The third-order valence-electron chi connectivity index (χ3n) is 9.74. The number of unbranched alkanes of at least 4 members (excludes halogenated alkanes) is 2. The van der Waals surface area contributed by atoms with Gasteiger partial charge in [0.15, 0.2) is 0 Å². The van der Waals surface area contributed by atoms with Crippen molar-refractivity contribution < 1.29 is 52.6 Å². The second kappa shape index (κ2) is 23.3. The van der Waals surface area contributed by atoms with Crippen LogP contribution in [0.25, 0.3) is 0 Å². The molecule has 1 aromatic carbocycles. The van der Waals surface area contributed by atoms with Gasteiger partial charge in [0.25, 0.3) is 0 Å². The number of hydrogen-bond donors (Lipinski definition) is 5. The van der Waals surface area contributed by atoms with Crippen molar-refractivity contribution >= 4 is 59.2 Å². The molecular weight excluding hydrogens is 793 g/mol. The van der Waals surface area contributed by atoms with Gasteiger partial charge in [-0.3, -0.25) is 38.5 Å². The first-order valence-electron chi connectivity index (χ1n) is 20.5. The highest BCUT2D eigenvalue weighted by Crippen LogP contribution is 2.35. The fraction of sp³-hybridized carbons (Fsp3) is 0.643. The van der Waals surface area contributed by atoms with Crippen LogP contribution in [0.1, 0.15) is 99.5 Å². The fourth-order valence-electron chi connectivity index (χ4n) is 5.86. The number of likely N-dealkylation sites (N-methyl/N-ethyl adjacent to an activating group) is 2. The molecule has 1 aliphatic rings. The van der Waals surface area contributed by atoms with Gasteiger partial charge in [-0.15, -0.1) is 0 Å². The Morgan fingerprint density at radius 3 is 1.89 bits per heavy atom. The van der Waals surface area contributed by atoms with Gasteiger partial charge in [0.1, 0.15) is 24.7 Å². The van der Waals surface area contributed by atoms with Crippen molar-refractivity contribution in [2.24, 2.45) is 22.5 Å². The van der Waals surface area contributed by atoms with E-state index in [0.717, 1.165) is 0 Å². The normalized spacial score (nSPS) is 15.5. The summed E-state index contributed by atoms with van der Waals surface area (Å²) in [5.41, 5.74) is 5.77.